The summed E-state index contributed by atoms with van der Waals surface area (Å²) in [7, 11) is 0. The number of carbonyl (C=O) groups is 1. The molecule has 1 N–H and O–H groups in total. The minimum Gasteiger partial charge on any atom is -0.349 e. The Morgan fingerprint density at radius 3 is 2.64 bits per heavy atom. The highest BCUT2D eigenvalue weighted by molar-refractivity contribution is 5.79. The molecule has 0 radical (unpaired) electrons. The monoisotopic (exact) mass is 296 g/mol. The van der Waals surface area contributed by atoms with Gasteiger partial charge in [0.1, 0.15) is 0 Å². The molecule has 1 amide bonds. The van der Waals surface area contributed by atoms with E-state index in [9.17, 15) is 4.79 Å². The van der Waals surface area contributed by atoms with Crippen LogP contribution in [0.4, 0.5) is 0 Å². The first-order valence-electron chi connectivity index (χ1n) is 7.69. The van der Waals surface area contributed by atoms with Gasteiger partial charge in [0.05, 0.1) is 6.04 Å². The van der Waals surface area contributed by atoms with Crippen LogP contribution in [0.2, 0.25) is 0 Å². The molecule has 1 atom stereocenters. The summed E-state index contributed by atoms with van der Waals surface area (Å²) in [4.78, 5) is 25.0. The van der Waals surface area contributed by atoms with Gasteiger partial charge in [-0.1, -0.05) is 6.42 Å². The molecule has 1 saturated carbocycles. The van der Waals surface area contributed by atoms with Gasteiger partial charge in [-0.3, -0.25) is 9.78 Å². The lowest BCUT2D eigenvalue weighted by Gasteiger charge is -2.26. The minimum absolute atomic E-state index is 0.0698. The Morgan fingerprint density at radius 2 is 2.05 bits per heavy atom. The molecule has 1 aliphatic carbocycles. The lowest BCUT2D eigenvalue weighted by Crippen LogP contribution is -2.36. The second-order valence-electron chi connectivity index (χ2n) is 5.83. The average Bonchev–Trinajstić information content (AvgIpc) is 2.46. The summed E-state index contributed by atoms with van der Waals surface area (Å²) in [5.74, 6) is 1.03. The van der Waals surface area contributed by atoms with Gasteiger partial charge in [-0.2, -0.15) is 0 Å². The second-order valence-corrected chi connectivity index (χ2v) is 5.83. The molecule has 2 heterocycles. The first kappa shape index (κ1) is 14.6. The normalized spacial score (nSPS) is 15.9. The smallest absolute Gasteiger partial charge is 0.223 e. The summed E-state index contributed by atoms with van der Waals surface area (Å²) < 4.78 is 0. The van der Waals surface area contributed by atoms with Crippen molar-refractivity contribution in [1.82, 2.24) is 20.3 Å². The number of nitrogens with zero attached hydrogens (tertiary/aromatic N) is 3. The second kappa shape index (κ2) is 6.22. The van der Waals surface area contributed by atoms with E-state index in [0.29, 0.717) is 5.82 Å². The van der Waals surface area contributed by atoms with Crippen molar-refractivity contribution >= 4 is 5.91 Å². The van der Waals surface area contributed by atoms with Crippen molar-refractivity contribution in [3.8, 4) is 11.4 Å². The maximum atomic E-state index is 12.0. The van der Waals surface area contributed by atoms with E-state index in [4.69, 9.17) is 0 Å². The average molecular weight is 296 g/mol. The van der Waals surface area contributed by atoms with Crippen LogP contribution in [0.3, 0.4) is 0 Å². The fourth-order valence-corrected chi connectivity index (χ4v) is 2.62. The maximum absolute atomic E-state index is 12.0. The van der Waals surface area contributed by atoms with Crippen molar-refractivity contribution in [1.29, 1.82) is 0 Å². The number of nitrogens with one attached hydrogen (secondary N) is 1. The maximum Gasteiger partial charge on any atom is 0.223 e. The fourth-order valence-electron chi connectivity index (χ4n) is 2.62. The molecule has 2 aromatic heterocycles. The van der Waals surface area contributed by atoms with Crippen LogP contribution in [0.15, 0.2) is 30.7 Å². The van der Waals surface area contributed by atoms with Gasteiger partial charge >= 0.3 is 0 Å². The molecule has 0 aliphatic heterocycles. The summed E-state index contributed by atoms with van der Waals surface area (Å²) in [6, 6.07) is 3.70. The zero-order valence-corrected chi connectivity index (χ0v) is 12.9. The van der Waals surface area contributed by atoms with E-state index in [1.54, 1.807) is 12.4 Å². The number of pyridine rings is 1. The third-order valence-electron chi connectivity index (χ3n) is 4.26. The number of aromatic nitrogens is 3. The Kier molecular flexibility index (Phi) is 4.13. The number of hydrogen-bond acceptors (Lipinski definition) is 4. The molecule has 1 unspecified atom stereocenters. The SMILES string of the molecule is Cc1nc(-c2ccncc2)ncc1C(C)NC(=O)C1CCC1. The number of aryl methyl sites for hydroxylation is 1. The van der Waals surface area contributed by atoms with Gasteiger partial charge < -0.3 is 5.32 Å². The predicted molar refractivity (Wildman–Crippen MR) is 83.9 cm³/mol. The van der Waals surface area contributed by atoms with Gasteiger partial charge in [-0.25, -0.2) is 9.97 Å². The Morgan fingerprint density at radius 1 is 1.32 bits per heavy atom. The molecule has 0 aromatic carbocycles. The quantitative estimate of drug-likeness (QED) is 0.942. The largest absolute Gasteiger partial charge is 0.349 e. The highest BCUT2D eigenvalue weighted by Gasteiger charge is 2.26. The van der Waals surface area contributed by atoms with E-state index in [0.717, 1.165) is 36.1 Å². The van der Waals surface area contributed by atoms with Crippen LogP contribution >= 0.6 is 0 Å². The van der Waals surface area contributed by atoms with Crippen LogP contribution in [0.5, 0.6) is 0 Å². The van der Waals surface area contributed by atoms with Crippen LogP contribution in [0.1, 0.15) is 43.5 Å². The molecule has 1 aliphatic rings. The first-order chi connectivity index (χ1) is 10.6. The first-order valence-corrected chi connectivity index (χ1v) is 7.69. The molecule has 114 valence electrons. The lowest BCUT2D eigenvalue weighted by molar-refractivity contribution is -0.128. The number of amides is 1. The molecule has 1 fully saturated rings. The third-order valence-corrected chi connectivity index (χ3v) is 4.26. The lowest BCUT2D eigenvalue weighted by atomic mass is 9.84. The van der Waals surface area contributed by atoms with Crippen molar-refractivity contribution < 1.29 is 4.79 Å². The standard InChI is InChI=1S/C17H20N4O/c1-11-15(12(2)21-17(22)14-4-3-5-14)10-19-16(20-11)13-6-8-18-9-7-13/h6-10,12,14H,3-5H2,1-2H3,(H,21,22). The van der Waals surface area contributed by atoms with E-state index in [1.807, 2.05) is 32.2 Å². The van der Waals surface area contributed by atoms with E-state index < -0.39 is 0 Å². The Bertz CT molecular complexity index is 668. The number of carbonyl (C=O) groups excluding carboxylic acids is 1. The van der Waals surface area contributed by atoms with Crippen LogP contribution in [-0.4, -0.2) is 20.9 Å². The highest BCUT2D eigenvalue weighted by Crippen LogP contribution is 2.27. The molecule has 22 heavy (non-hydrogen) atoms. The summed E-state index contributed by atoms with van der Waals surface area (Å²) in [6.07, 6.45) is 8.44. The van der Waals surface area contributed by atoms with Crippen LogP contribution < -0.4 is 5.32 Å². The molecule has 5 nitrogen and oxygen atoms in total. The summed E-state index contributed by atoms with van der Waals surface area (Å²) in [6.45, 7) is 3.93. The van der Waals surface area contributed by atoms with Crippen molar-refractivity contribution in [3.05, 3.63) is 42.0 Å². The Balaban J connectivity index is 1.75. The van der Waals surface area contributed by atoms with Gasteiger partial charge in [0.15, 0.2) is 5.82 Å². The van der Waals surface area contributed by atoms with E-state index in [-0.39, 0.29) is 17.9 Å². The van der Waals surface area contributed by atoms with E-state index >= 15 is 0 Å². The van der Waals surface area contributed by atoms with E-state index in [1.165, 1.54) is 0 Å². The van der Waals surface area contributed by atoms with Crippen LogP contribution in [0, 0.1) is 12.8 Å². The van der Waals surface area contributed by atoms with E-state index in [2.05, 4.69) is 20.3 Å². The molecule has 2 aromatic rings. The van der Waals surface area contributed by atoms with Gasteiger partial charge in [-0.05, 0) is 38.8 Å². The van der Waals surface area contributed by atoms with Crippen molar-refractivity contribution in [2.24, 2.45) is 5.92 Å². The molecule has 0 saturated heterocycles. The fraction of sp³-hybridized carbons (Fsp3) is 0.412. The van der Waals surface area contributed by atoms with Crippen molar-refractivity contribution in [3.63, 3.8) is 0 Å². The third kappa shape index (κ3) is 2.98. The van der Waals surface area contributed by atoms with Gasteiger partial charge in [0, 0.05) is 41.3 Å². The molecular weight excluding hydrogens is 276 g/mol. The predicted octanol–water partition coefficient (Wildman–Crippen LogP) is 2.82. The Hall–Kier alpha value is -2.30. The summed E-state index contributed by atoms with van der Waals surface area (Å²) in [5, 5.41) is 3.07. The molecule has 5 heteroatoms. The van der Waals surface area contributed by atoms with Crippen LogP contribution in [-0.2, 0) is 4.79 Å². The molecule has 0 bridgehead atoms. The number of rotatable bonds is 4. The van der Waals surface area contributed by atoms with Gasteiger partial charge in [0.25, 0.3) is 0 Å². The van der Waals surface area contributed by atoms with Crippen LogP contribution in [0.25, 0.3) is 11.4 Å². The van der Waals surface area contributed by atoms with Crippen molar-refractivity contribution in [2.45, 2.75) is 39.2 Å². The minimum atomic E-state index is -0.0698. The zero-order chi connectivity index (χ0) is 15.5. The molecule has 3 rings (SSSR count). The summed E-state index contributed by atoms with van der Waals surface area (Å²) >= 11 is 0. The molecule has 0 spiro atoms. The Labute approximate surface area is 130 Å². The zero-order valence-electron chi connectivity index (χ0n) is 12.9. The number of hydrogen-bond donors (Lipinski definition) is 1. The van der Waals surface area contributed by atoms with Gasteiger partial charge in [0.2, 0.25) is 5.91 Å². The van der Waals surface area contributed by atoms with Gasteiger partial charge in [-0.15, -0.1) is 0 Å². The van der Waals surface area contributed by atoms with Crippen molar-refractivity contribution in [2.75, 3.05) is 0 Å². The highest BCUT2D eigenvalue weighted by atomic mass is 16.2. The topological polar surface area (TPSA) is 67.8 Å². The molecular formula is C17H20N4O. The summed E-state index contributed by atoms with van der Waals surface area (Å²) in [5.41, 5.74) is 2.80.